The molecule has 3 heteroatoms. The van der Waals surface area contributed by atoms with Gasteiger partial charge >= 0.3 is 0 Å². The molecule has 0 saturated carbocycles. The van der Waals surface area contributed by atoms with Gasteiger partial charge in [-0.2, -0.15) is 0 Å². The van der Waals surface area contributed by atoms with Gasteiger partial charge in [0.25, 0.3) is 0 Å². The van der Waals surface area contributed by atoms with Crippen molar-refractivity contribution >= 4 is 17.3 Å². The minimum absolute atomic E-state index is 0.0471. The fourth-order valence-corrected chi connectivity index (χ4v) is 2.81. The number of anilines is 2. The summed E-state index contributed by atoms with van der Waals surface area (Å²) >= 11 is 0. The maximum absolute atomic E-state index is 12.4. The standard InChI is InChI=1S/C18H20N2O/c1-2-13-7-3-5-9-15(13)19-17-12-11-14-8-4-6-10-16(14)20-18(17)21/h3-10,17,19H,2,11-12H2,1H3,(H,20,21). The minimum Gasteiger partial charge on any atom is -0.373 e. The summed E-state index contributed by atoms with van der Waals surface area (Å²) in [6.45, 7) is 2.13. The first-order valence-electron chi connectivity index (χ1n) is 7.51. The van der Waals surface area contributed by atoms with Crippen molar-refractivity contribution in [2.75, 3.05) is 10.6 Å². The first kappa shape index (κ1) is 13.7. The molecule has 0 bridgehead atoms. The Morgan fingerprint density at radius 2 is 1.90 bits per heavy atom. The summed E-state index contributed by atoms with van der Waals surface area (Å²) < 4.78 is 0. The molecule has 1 aliphatic heterocycles. The molecule has 2 N–H and O–H groups in total. The number of aryl methyl sites for hydroxylation is 2. The number of para-hydroxylation sites is 2. The molecule has 1 heterocycles. The third-order valence-corrected chi connectivity index (χ3v) is 4.02. The second kappa shape index (κ2) is 6.00. The number of nitrogens with one attached hydrogen (secondary N) is 2. The second-order valence-electron chi connectivity index (χ2n) is 5.39. The van der Waals surface area contributed by atoms with Gasteiger partial charge in [-0.3, -0.25) is 4.79 Å². The van der Waals surface area contributed by atoms with Crippen LogP contribution in [0.4, 0.5) is 11.4 Å². The fraction of sp³-hybridized carbons (Fsp3) is 0.278. The zero-order chi connectivity index (χ0) is 14.7. The molecule has 0 radical (unpaired) electrons. The summed E-state index contributed by atoms with van der Waals surface area (Å²) in [6, 6.07) is 16.0. The van der Waals surface area contributed by atoms with E-state index in [4.69, 9.17) is 0 Å². The summed E-state index contributed by atoms with van der Waals surface area (Å²) in [5.41, 5.74) is 4.45. The summed E-state index contributed by atoms with van der Waals surface area (Å²) in [5, 5.41) is 6.44. The van der Waals surface area contributed by atoms with E-state index in [9.17, 15) is 4.79 Å². The van der Waals surface area contributed by atoms with Crippen LogP contribution in [-0.2, 0) is 17.6 Å². The maximum Gasteiger partial charge on any atom is 0.246 e. The van der Waals surface area contributed by atoms with E-state index in [1.807, 2.05) is 36.4 Å². The highest BCUT2D eigenvalue weighted by atomic mass is 16.2. The van der Waals surface area contributed by atoms with Crippen LogP contribution in [0, 0.1) is 0 Å². The number of fused-ring (bicyclic) bond motifs is 1. The highest BCUT2D eigenvalue weighted by Gasteiger charge is 2.23. The lowest BCUT2D eigenvalue weighted by Crippen LogP contribution is -2.33. The van der Waals surface area contributed by atoms with Crippen LogP contribution in [0.5, 0.6) is 0 Å². The number of hydrogen-bond donors (Lipinski definition) is 2. The number of amides is 1. The van der Waals surface area contributed by atoms with Crippen molar-refractivity contribution < 1.29 is 4.79 Å². The first-order valence-corrected chi connectivity index (χ1v) is 7.51. The normalized spacial score (nSPS) is 17.6. The largest absolute Gasteiger partial charge is 0.373 e. The van der Waals surface area contributed by atoms with Crippen molar-refractivity contribution in [3.63, 3.8) is 0 Å². The van der Waals surface area contributed by atoms with E-state index in [1.54, 1.807) is 0 Å². The molecular formula is C18H20N2O. The minimum atomic E-state index is -0.190. The number of hydrogen-bond acceptors (Lipinski definition) is 2. The number of carbonyl (C=O) groups is 1. The quantitative estimate of drug-likeness (QED) is 0.901. The topological polar surface area (TPSA) is 41.1 Å². The summed E-state index contributed by atoms with van der Waals surface area (Å²) in [5.74, 6) is 0.0471. The highest BCUT2D eigenvalue weighted by molar-refractivity contribution is 5.98. The van der Waals surface area contributed by atoms with Gasteiger partial charge in [0.1, 0.15) is 6.04 Å². The first-order chi connectivity index (χ1) is 10.3. The van der Waals surface area contributed by atoms with Crippen molar-refractivity contribution in [1.29, 1.82) is 0 Å². The fourth-order valence-electron chi connectivity index (χ4n) is 2.81. The molecule has 1 unspecified atom stereocenters. The Bertz CT molecular complexity index is 651. The summed E-state index contributed by atoms with van der Waals surface area (Å²) in [4.78, 5) is 12.4. The average molecular weight is 280 g/mol. The molecular weight excluding hydrogens is 260 g/mol. The number of rotatable bonds is 3. The molecule has 1 amide bonds. The molecule has 0 fully saturated rings. The van der Waals surface area contributed by atoms with Gasteiger partial charge in [-0.25, -0.2) is 0 Å². The lowest BCUT2D eigenvalue weighted by atomic mass is 10.0. The SMILES string of the molecule is CCc1ccccc1NC1CCc2ccccc2NC1=O. The van der Waals surface area contributed by atoms with Crippen molar-refractivity contribution in [3.8, 4) is 0 Å². The molecule has 0 spiro atoms. The van der Waals surface area contributed by atoms with Gasteiger partial charge in [0.15, 0.2) is 0 Å². The van der Waals surface area contributed by atoms with Crippen molar-refractivity contribution in [2.24, 2.45) is 0 Å². The van der Waals surface area contributed by atoms with Crippen molar-refractivity contribution in [1.82, 2.24) is 0 Å². The van der Waals surface area contributed by atoms with Crippen LogP contribution in [0.2, 0.25) is 0 Å². The van der Waals surface area contributed by atoms with Crippen LogP contribution >= 0.6 is 0 Å². The molecule has 0 saturated heterocycles. The van der Waals surface area contributed by atoms with E-state index >= 15 is 0 Å². The highest BCUT2D eigenvalue weighted by Crippen LogP contribution is 2.24. The maximum atomic E-state index is 12.4. The van der Waals surface area contributed by atoms with E-state index in [0.717, 1.165) is 30.6 Å². The van der Waals surface area contributed by atoms with Crippen LogP contribution < -0.4 is 10.6 Å². The Labute approximate surface area is 125 Å². The molecule has 1 aliphatic rings. The van der Waals surface area contributed by atoms with Gasteiger partial charge in [-0.1, -0.05) is 43.3 Å². The molecule has 1 atom stereocenters. The predicted molar refractivity (Wildman–Crippen MR) is 86.6 cm³/mol. The smallest absolute Gasteiger partial charge is 0.246 e. The number of benzene rings is 2. The van der Waals surface area contributed by atoms with Gasteiger partial charge in [-0.15, -0.1) is 0 Å². The predicted octanol–water partition coefficient (Wildman–Crippen LogP) is 3.61. The zero-order valence-electron chi connectivity index (χ0n) is 12.2. The van der Waals surface area contributed by atoms with Crippen LogP contribution in [0.25, 0.3) is 0 Å². The van der Waals surface area contributed by atoms with E-state index < -0.39 is 0 Å². The molecule has 0 aliphatic carbocycles. The number of carbonyl (C=O) groups excluding carboxylic acids is 1. The van der Waals surface area contributed by atoms with Crippen LogP contribution in [0.1, 0.15) is 24.5 Å². The Morgan fingerprint density at radius 3 is 2.76 bits per heavy atom. The van der Waals surface area contributed by atoms with E-state index in [-0.39, 0.29) is 11.9 Å². The van der Waals surface area contributed by atoms with Gasteiger partial charge in [0.2, 0.25) is 5.91 Å². The molecule has 108 valence electrons. The average Bonchev–Trinajstić information content (AvgIpc) is 2.67. The Morgan fingerprint density at radius 1 is 1.14 bits per heavy atom. The summed E-state index contributed by atoms with van der Waals surface area (Å²) in [6.07, 6.45) is 2.67. The van der Waals surface area contributed by atoms with Crippen molar-refractivity contribution in [3.05, 3.63) is 59.7 Å². The molecule has 21 heavy (non-hydrogen) atoms. The van der Waals surface area contributed by atoms with Crippen molar-refractivity contribution in [2.45, 2.75) is 32.2 Å². The third-order valence-electron chi connectivity index (χ3n) is 4.02. The van der Waals surface area contributed by atoms with Crippen LogP contribution in [0.15, 0.2) is 48.5 Å². The van der Waals surface area contributed by atoms with E-state index in [2.05, 4.69) is 29.7 Å². The van der Waals surface area contributed by atoms with Gasteiger partial charge in [0, 0.05) is 11.4 Å². The molecule has 2 aromatic carbocycles. The van der Waals surface area contributed by atoms with Gasteiger partial charge in [-0.05, 0) is 42.5 Å². The van der Waals surface area contributed by atoms with Crippen LogP contribution in [0.3, 0.4) is 0 Å². The van der Waals surface area contributed by atoms with Crippen LogP contribution in [-0.4, -0.2) is 11.9 Å². The van der Waals surface area contributed by atoms with E-state index in [0.29, 0.717) is 0 Å². The Balaban J connectivity index is 1.80. The zero-order valence-corrected chi connectivity index (χ0v) is 12.2. The third kappa shape index (κ3) is 2.92. The molecule has 2 aromatic rings. The second-order valence-corrected chi connectivity index (χ2v) is 5.39. The Hall–Kier alpha value is -2.29. The lowest BCUT2D eigenvalue weighted by Gasteiger charge is -2.18. The molecule has 3 nitrogen and oxygen atoms in total. The molecule has 3 rings (SSSR count). The Kier molecular flexibility index (Phi) is 3.91. The summed E-state index contributed by atoms with van der Waals surface area (Å²) in [7, 11) is 0. The molecule has 0 aromatic heterocycles. The van der Waals surface area contributed by atoms with Gasteiger partial charge < -0.3 is 10.6 Å². The van der Waals surface area contributed by atoms with E-state index in [1.165, 1.54) is 11.1 Å². The lowest BCUT2D eigenvalue weighted by molar-refractivity contribution is -0.116. The van der Waals surface area contributed by atoms with Gasteiger partial charge in [0.05, 0.1) is 0 Å². The monoisotopic (exact) mass is 280 g/mol.